The van der Waals surface area contributed by atoms with Gasteiger partial charge in [-0.2, -0.15) is 0 Å². The minimum absolute atomic E-state index is 0. The van der Waals surface area contributed by atoms with Crippen molar-refractivity contribution in [3.05, 3.63) is 39.4 Å². The van der Waals surface area contributed by atoms with Crippen LogP contribution in [0.2, 0.25) is 0 Å². The molecule has 1 aromatic rings. The summed E-state index contributed by atoms with van der Waals surface area (Å²) in [7, 11) is 0. The molecule has 0 fully saturated rings. The predicted molar refractivity (Wildman–Crippen MR) is 52.8 cm³/mol. The van der Waals surface area contributed by atoms with Crippen LogP contribution in [0.15, 0.2) is 18.2 Å². The summed E-state index contributed by atoms with van der Waals surface area (Å²) in [5, 5.41) is 27.8. The van der Waals surface area contributed by atoms with Gasteiger partial charge in [-0.1, -0.05) is 6.07 Å². The fourth-order valence-corrected chi connectivity index (χ4v) is 1.10. The van der Waals surface area contributed by atoms with Gasteiger partial charge >= 0.3 is 11.9 Å². The molecule has 0 saturated heterocycles. The second-order valence-electron chi connectivity index (χ2n) is 2.57. The third-order valence-corrected chi connectivity index (χ3v) is 1.68. The number of benzene rings is 1. The molecule has 0 spiro atoms. The molecule has 0 bridgehead atoms. The molecule has 0 aliphatic carbocycles. The van der Waals surface area contributed by atoms with Crippen LogP contribution < -0.4 is 0 Å². The Morgan fingerprint density at radius 3 is 2.12 bits per heavy atom. The third kappa shape index (κ3) is 3.06. The molecule has 0 unspecified atom stereocenters. The van der Waals surface area contributed by atoms with E-state index in [-0.39, 0.29) is 48.9 Å². The van der Waals surface area contributed by atoms with Crippen molar-refractivity contribution in [2.24, 2.45) is 0 Å². The van der Waals surface area contributed by atoms with Gasteiger partial charge in [-0.25, -0.2) is 9.59 Å². The second-order valence-corrected chi connectivity index (χ2v) is 2.57. The van der Waals surface area contributed by atoms with Crippen molar-refractivity contribution in [1.29, 1.82) is 0 Å². The van der Waals surface area contributed by atoms with Gasteiger partial charge in [0.25, 0.3) is 5.69 Å². The van der Waals surface area contributed by atoms with Crippen molar-refractivity contribution in [3.8, 4) is 0 Å². The fourth-order valence-electron chi connectivity index (χ4n) is 1.10. The summed E-state index contributed by atoms with van der Waals surface area (Å²) in [6.45, 7) is 0. The third-order valence-electron chi connectivity index (χ3n) is 1.68. The van der Waals surface area contributed by atoms with E-state index in [1.165, 1.54) is 0 Å². The normalized spacial score (nSPS) is 9.00. The Balaban J connectivity index is 0.00000225. The number of hydrogen-bond donors (Lipinski definition) is 2. The van der Waals surface area contributed by atoms with E-state index < -0.39 is 33.7 Å². The van der Waals surface area contributed by atoms with E-state index in [1.54, 1.807) is 0 Å². The number of carboxylic acids is 2. The van der Waals surface area contributed by atoms with Crippen molar-refractivity contribution in [3.63, 3.8) is 0 Å². The van der Waals surface area contributed by atoms with Gasteiger partial charge in [-0.15, -0.1) is 0 Å². The topological polar surface area (TPSA) is 118 Å². The molecule has 0 aliphatic heterocycles. The van der Waals surface area contributed by atoms with Crippen molar-refractivity contribution in [2.75, 3.05) is 0 Å². The first-order chi connectivity index (χ1) is 6.95. The van der Waals surface area contributed by atoms with Crippen LogP contribution in [-0.2, 0) is 0 Å². The second kappa shape index (κ2) is 6.01. The summed E-state index contributed by atoms with van der Waals surface area (Å²) in [6.07, 6.45) is 0. The first-order valence-electron chi connectivity index (χ1n) is 3.69. The molecule has 7 nitrogen and oxygen atoms in total. The Morgan fingerprint density at radius 2 is 1.75 bits per heavy atom. The van der Waals surface area contributed by atoms with Crippen LogP contribution in [0, 0.1) is 10.1 Å². The van der Waals surface area contributed by atoms with Crippen LogP contribution in [0.5, 0.6) is 0 Å². The summed E-state index contributed by atoms with van der Waals surface area (Å²) in [5.74, 6) is -3.16. The van der Waals surface area contributed by atoms with Crippen LogP contribution in [0.25, 0.3) is 0 Å². The van der Waals surface area contributed by atoms with Crippen LogP contribution in [-0.4, -0.2) is 76.0 Å². The summed E-state index contributed by atoms with van der Waals surface area (Å²) < 4.78 is 0. The minimum Gasteiger partial charge on any atom is -0.478 e. The summed E-state index contributed by atoms with van der Waals surface area (Å²) in [4.78, 5) is 30.8. The van der Waals surface area contributed by atoms with E-state index in [2.05, 4.69) is 0 Å². The number of nitro benzene ring substituents is 1. The average Bonchev–Trinajstić information content (AvgIpc) is 2.16. The molecule has 0 saturated carbocycles. The molecule has 1 aromatic carbocycles. The molecule has 8 heteroatoms. The summed E-state index contributed by atoms with van der Waals surface area (Å²) in [6, 6.07) is 3.06. The van der Waals surface area contributed by atoms with Crippen molar-refractivity contribution in [2.45, 2.75) is 0 Å². The maximum Gasteiger partial charge on any atom is 0.343 e. The number of rotatable bonds is 3. The van der Waals surface area contributed by atoms with Gasteiger partial charge in [-0.05, 0) is 6.07 Å². The number of hydrogen-bond acceptors (Lipinski definition) is 4. The fraction of sp³-hybridized carbons (Fsp3) is 0. The van der Waals surface area contributed by atoms with Gasteiger partial charge in [0, 0.05) is 54.9 Å². The minimum atomic E-state index is -1.64. The monoisotopic (exact) mass is 349 g/mol. The van der Waals surface area contributed by atoms with Crippen LogP contribution in [0.3, 0.4) is 0 Å². The SMILES string of the molecule is O=C(O)c1cccc([N+](=O)[O-])c1C(=O)O.[Ba]. The molecule has 0 heterocycles. The van der Waals surface area contributed by atoms with Crippen molar-refractivity contribution in [1.82, 2.24) is 0 Å². The molecule has 0 aliphatic rings. The van der Waals surface area contributed by atoms with E-state index in [1.807, 2.05) is 0 Å². The van der Waals surface area contributed by atoms with E-state index in [0.717, 1.165) is 18.2 Å². The Hall–Kier alpha value is -0.869. The van der Waals surface area contributed by atoms with Gasteiger partial charge < -0.3 is 10.2 Å². The van der Waals surface area contributed by atoms with Gasteiger partial charge in [0.1, 0.15) is 0 Å². The number of nitro groups is 1. The number of carbonyl (C=O) groups is 2. The molecular formula is C8H5BaNO6. The van der Waals surface area contributed by atoms with Crippen molar-refractivity contribution < 1.29 is 24.7 Å². The van der Waals surface area contributed by atoms with E-state index in [4.69, 9.17) is 10.2 Å². The van der Waals surface area contributed by atoms with Crippen LogP contribution >= 0.6 is 0 Å². The average molecular weight is 348 g/mol. The maximum atomic E-state index is 10.7. The van der Waals surface area contributed by atoms with Gasteiger partial charge in [0.15, 0.2) is 5.56 Å². The van der Waals surface area contributed by atoms with Crippen molar-refractivity contribution >= 4 is 66.5 Å². The zero-order valence-electron chi connectivity index (χ0n) is 7.91. The van der Waals surface area contributed by atoms with E-state index in [0.29, 0.717) is 0 Å². The number of nitrogens with zero attached hydrogens (tertiary/aromatic N) is 1. The molecule has 0 amide bonds. The molecule has 2 radical (unpaired) electrons. The summed E-state index contributed by atoms with van der Waals surface area (Å²) >= 11 is 0. The van der Waals surface area contributed by atoms with Crippen LogP contribution in [0.4, 0.5) is 5.69 Å². The van der Waals surface area contributed by atoms with Gasteiger partial charge in [-0.3, -0.25) is 10.1 Å². The molecule has 0 atom stereocenters. The van der Waals surface area contributed by atoms with Gasteiger partial charge in [0.2, 0.25) is 0 Å². The molecule has 1 rings (SSSR count). The standard InChI is InChI=1S/C8H5NO6.Ba/c10-7(11)4-2-1-3-5(9(14)15)6(4)8(12)13;/h1-3H,(H,10,11)(H,12,13);. The number of carboxylic acid groups (broad SMARTS) is 2. The number of aromatic carboxylic acids is 2. The van der Waals surface area contributed by atoms with E-state index >= 15 is 0 Å². The Morgan fingerprint density at radius 1 is 1.19 bits per heavy atom. The largest absolute Gasteiger partial charge is 0.478 e. The molecular weight excluding hydrogens is 343 g/mol. The first kappa shape index (κ1) is 15.1. The Kier molecular flexibility index (Phi) is 5.69. The summed E-state index contributed by atoms with van der Waals surface area (Å²) in [5.41, 5.74) is -2.14. The zero-order valence-corrected chi connectivity index (χ0v) is 12.4. The molecule has 16 heavy (non-hydrogen) atoms. The van der Waals surface area contributed by atoms with E-state index in [9.17, 15) is 19.7 Å². The Bertz CT molecular complexity index is 426. The predicted octanol–water partition coefficient (Wildman–Crippen LogP) is 0.610. The van der Waals surface area contributed by atoms with Crippen LogP contribution in [0.1, 0.15) is 20.7 Å². The smallest absolute Gasteiger partial charge is 0.343 e. The van der Waals surface area contributed by atoms with Gasteiger partial charge in [0.05, 0.1) is 10.5 Å². The molecule has 2 N–H and O–H groups in total. The molecule has 0 aromatic heterocycles. The Labute approximate surface area is 129 Å². The zero-order chi connectivity index (χ0) is 11.6. The maximum absolute atomic E-state index is 10.7. The molecule has 80 valence electrons. The quantitative estimate of drug-likeness (QED) is 0.469. The first-order valence-corrected chi connectivity index (χ1v) is 3.69.